The van der Waals surface area contributed by atoms with Gasteiger partial charge in [0.05, 0.1) is 0 Å². The van der Waals surface area contributed by atoms with Crippen LogP contribution in [0.1, 0.15) is 56.7 Å². The second-order valence-electron chi connectivity index (χ2n) is 6.67. The van der Waals surface area contributed by atoms with Crippen LogP contribution in [0, 0.1) is 0 Å². The first-order valence-corrected chi connectivity index (χ1v) is 8.94. The van der Waals surface area contributed by atoms with Crippen LogP contribution >= 0.6 is 0 Å². The third kappa shape index (κ3) is 2.58. The Bertz CT molecular complexity index is 936. The molecule has 0 spiro atoms. The van der Waals surface area contributed by atoms with Gasteiger partial charge in [0.1, 0.15) is 6.29 Å². The van der Waals surface area contributed by atoms with Crippen LogP contribution in [-0.2, 0) is 4.79 Å². The number of hydrogen-bond donors (Lipinski definition) is 0. The highest BCUT2D eigenvalue weighted by atomic mass is 16.1. The van der Waals surface area contributed by atoms with Gasteiger partial charge in [0.25, 0.3) is 0 Å². The molecule has 0 bridgehead atoms. The molecule has 1 aliphatic carbocycles. The van der Waals surface area contributed by atoms with Gasteiger partial charge in [-0.3, -0.25) is 14.4 Å². The van der Waals surface area contributed by atoms with Gasteiger partial charge in [0.15, 0.2) is 11.6 Å². The van der Waals surface area contributed by atoms with Crippen LogP contribution in [0.2, 0.25) is 0 Å². The first kappa shape index (κ1) is 16.5. The Morgan fingerprint density at radius 1 is 0.808 bits per heavy atom. The Kier molecular flexibility index (Phi) is 4.25. The molecule has 0 saturated carbocycles. The van der Waals surface area contributed by atoms with Crippen molar-refractivity contribution in [3.63, 3.8) is 0 Å². The largest absolute Gasteiger partial charge is 0.371 e. The van der Waals surface area contributed by atoms with Crippen LogP contribution in [0.15, 0.2) is 48.5 Å². The van der Waals surface area contributed by atoms with E-state index < -0.39 is 0 Å². The fourth-order valence-electron chi connectivity index (χ4n) is 3.92. The molecule has 4 rings (SSSR count). The molecule has 2 aromatic carbocycles. The van der Waals surface area contributed by atoms with Crippen molar-refractivity contribution in [1.29, 1.82) is 0 Å². The molecule has 0 amide bonds. The summed E-state index contributed by atoms with van der Waals surface area (Å²) in [6.45, 7) is 1.70. The predicted octanol–water partition coefficient (Wildman–Crippen LogP) is 3.49. The minimum absolute atomic E-state index is 0.138. The number of piperidine rings is 1. The van der Waals surface area contributed by atoms with Crippen LogP contribution in [0.3, 0.4) is 0 Å². The highest BCUT2D eigenvalue weighted by Crippen LogP contribution is 2.34. The smallest absolute Gasteiger partial charge is 0.195 e. The van der Waals surface area contributed by atoms with Gasteiger partial charge in [-0.2, -0.15) is 0 Å². The number of fused-ring (bicyclic) bond motifs is 2. The number of allylic oxidation sites excluding steroid dienone is 1. The van der Waals surface area contributed by atoms with Crippen molar-refractivity contribution in [3.05, 3.63) is 76.4 Å². The second kappa shape index (κ2) is 6.71. The van der Waals surface area contributed by atoms with Crippen LogP contribution in [0.25, 0.3) is 5.70 Å². The number of nitrogens with zero attached hydrogens (tertiary/aromatic N) is 1. The van der Waals surface area contributed by atoms with Gasteiger partial charge >= 0.3 is 0 Å². The normalized spacial score (nSPS) is 16.9. The highest BCUT2D eigenvalue weighted by molar-refractivity contribution is 6.29. The van der Waals surface area contributed by atoms with E-state index in [4.69, 9.17) is 0 Å². The van der Waals surface area contributed by atoms with E-state index in [-0.39, 0.29) is 11.6 Å². The van der Waals surface area contributed by atoms with Gasteiger partial charge in [0.2, 0.25) is 0 Å². The monoisotopic (exact) mass is 345 g/mol. The molecule has 1 fully saturated rings. The maximum Gasteiger partial charge on any atom is 0.195 e. The van der Waals surface area contributed by atoms with Crippen molar-refractivity contribution >= 4 is 23.5 Å². The predicted molar refractivity (Wildman–Crippen MR) is 99.2 cm³/mol. The summed E-state index contributed by atoms with van der Waals surface area (Å²) >= 11 is 0. The number of hydrogen-bond acceptors (Lipinski definition) is 4. The van der Waals surface area contributed by atoms with Gasteiger partial charge in [-0.05, 0) is 19.3 Å². The first-order chi connectivity index (χ1) is 12.7. The summed E-state index contributed by atoms with van der Waals surface area (Å²) in [7, 11) is 0. The van der Waals surface area contributed by atoms with Crippen LogP contribution in [0.5, 0.6) is 0 Å². The number of likely N-dealkylation sites (tertiary alicyclic amines) is 1. The minimum Gasteiger partial charge on any atom is -0.371 e. The van der Waals surface area contributed by atoms with E-state index in [2.05, 4.69) is 4.90 Å². The Hall–Kier alpha value is -3.01. The van der Waals surface area contributed by atoms with Crippen molar-refractivity contribution in [1.82, 2.24) is 4.90 Å². The van der Waals surface area contributed by atoms with Gasteiger partial charge in [-0.25, -0.2) is 0 Å². The molecule has 0 N–H and O–H groups in total. The molecule has 26 heavy (non-hydrogen) atoms. The van der Waals surface area contributed by atoms with Gasteiger partial charge < -0.3 is 4.90 Å². The lowest BCUT2D eigenvalue weighted by Gasteiger charge is -2.32. The lowest BCUT2D eigenvalue weighted by Crippen LogP contribution is -2.30. The Morgan fingerprint density at radius 3 is 2.15 bits per heavy atom. The number of aldehydes is 1. The highest BCUT2D eigenvalue weighted by Gasteiger charge is 2.32. The molecule has 4 nitrogen and oxygen atoms in total. The van der Waals surface area contributed by atoms with Crippen molar-refractivity contribution in [2.45, 2.75) is 19.3 Å². The SMILES string of the molecule is O=C/C=C(/c1cccc2c1C(=O)c1ccccc1C2=O)N1CCCCC1. The Labute approximate surface area is 152 Å². The van der Waals surface area contributed by atoms with E-state index in [0.717, 1.165) is 37.9 Å². The molecule has 0 atom stereocenters. The zero-order valence-electron chi connectivity index (χ0n) is 14.4. The maximum absolute atomic E-state index is 13.2. The average molecular weight is 345 g/mol. The fraction of sp³-hybridized carbons (Fsp3) is 0.227. The van der Waals surface area contributed by atoms with Crippen molar-refractivity contribution in [3.8, 4) is 0 Å². The summed E-state index contributed by atoms with van der Waals surface area (Å²) in [5.41, 5.74) is 3.11. The maximum atomic E-state index is 13.2. The summed E-state index contributed by atoms with van der Waals surface area (Å²) in [5.74, 6) is -0.291. The molecule has 0 aromatic heterocycles. The summed E-state index contributed by atoms with van der Waals surface area (Å²) in [5, 5.41) is 0. The van der Waals surface area contributed by atoms with E-state index in [1.54, 1.807) is 36.4 Å². The standard InChI is InChI=1S/C22H19NO3/c24-14-11-19(23-12-4-1-5-13-23)17-9-6-10-18-20(17)22(26)16-8-3-2-7-15(16)21(18)25/h2-3,6-11,14H,1,4-5,12-13H2/b19-11-. The van der Waals surface area contributed by atoms with E-state index in [9.17, 15) is 14.4 Å². The molecule has 1 aliphatic heterocycles. The van der Waals surface area contributed by atoms with E-state index in [1.807, 2.05) is 6.07 Å². The molecule has 1 heterocycles. The van der Waals surface area contributed by atoms with Gasteiger partial charge in [0, 0.05) is 52.7 Å². The summed E-state index contributed by atoms with van der Waals surface area (Å²) in [6.07, 6.45) is 5.55. The number of benzene rings is 2. The lowest BCUT2D eigenvalue weighted by molar-refractivity contribution is -0.104. The summed E-state index contributed by atoms with van der Waals surface area (Å²) in [6, 6.07) is 12.2. The average Bonchev–Trinajstić information content (AvgIpc) is 2.70. The Balaban J connectivity index is 1.89. The molecular weight excluding hydrogens is 326 g/mol. The molecule has 4 heteroatoms. The van der Waals surface area contributed by atoms with Crippen LogP contribution in [0.4, 0.5) is 0 Å². The lowest BCUT2D eigenvalue weighted by atomic mass is 9.81. The zero-order valence-corrected chi connectivity index (χ0v) is 14.4. The zero-order chi connectivity index (χ0) is 18.1. The Morgan fingerprint density at radius 2 is 1.46 bits per heavy atom. The molecule has 1 saturated heterocycles. The third-order valence-corrected chi connectivity index (χ3v) is 5.15. The van der Waals surface area contributed by atoms with Gasteiger partial charge in [-0.15, -0.1) is 0 Å². The quantitative estimate of drug-likeness (QED) is 0.539. The number of ketones is 2. The van der Waals surface area contributed by atoms with E-state index in [0.29, 0.717) is 27.8 Å². The molecule has 2 aliphatic rings. The van der Waals surface area contributed by atoms with Crippen molar-refractivity contribution in [2.75, 3.05) is 13.1 Å². The van der Waals surface area contributed by atoms with Crippen molar-refractivity contribution in [2.24, 2.45) is 0 Å². The van der Waals surface area contributed by atoms with E-state index >= 15 is 0 Å². The molecular formula is C22H19NO3. The minimum atomic E-state index is -0.153. The summed E-state index contributed by atoms with van der Waals surface area (Å²) in [4.78, 5) is 39.5. The number of rotatable bonds is 3. The van der Waals surface area contributed by atoms with E-state index in [1.165, 1.54) is 12.5 Å². The fourth-order valence-corrected chi connectivity index (χ4v) is 3.92. The molecule has 0 unspecified atom stereocenters. The second-order valence-corrected chi connectivity index (χ2v) is 6.67. The summed E-state index contributed by atoms with van der Waals surface area (Å²) < 4.78 is 0. The first-order valence-electron chi connectivity index (χ1n) is 8.94. The number of carbonyl (C=O) groups excluding carboxylic acids is 3. The third-order valence-electron chi connectivity index (χ3n) is 5.15. The molecule has 0 radical (unpaired) electrons. The topological polar surface area (TPSA) is 54.5 Å². The molecule has 130 valence electrons. The number of carbonyl (C=O) groups is 3. The molecule has 2 aromatic rings. The van der Waals surface area contributed by atoms with Crippen LogP contribution in [-0.4, -0.2) is 35.8 Å². The van der Waals surface area contributed by atoms with Crippen LogP contribution < -0.4 is 0 Å². The van der Waals surface area contributed by atoms with Gasteiger partial charge in [-0.1, -0.05) is 42.5 Å². The van der Waals surface area contributed by atoms with Crippen molar-refractivity contribution < 1.29 is 14.4 Å².